The highest BCUT2D eigenvalue weighted by atomic mass is 35.5. The summed E-state index contributed by atoms with van der Waals surface area (Å²) in [6.07, 6.45) is 4.59. The fraction of sp³-hybridized carbons (Fsp3) is 0.333. The van der Waals surface area contributed by atoms with Crippen LogP contribution in [0.25, 0.3) is 10.6 Å². The number of halogens is 1. The van der Waals surface area contributed by atoms with Gasteiger partial charge in [-0.15, -0.1) is 21.5 Å². The van der Waals surface area contributed by atoms with Gasteiger partial charge < -0.3 is 5.32 Å². The molecule has 0 bridgehead atoms. The van der Waals surface area contributed by atoms with Crippen molar-refractivity contribution in [1.29, 1.82) is 0 Å². The van der Waals surface area contributed by atoms with Gasteiger partial charge in [-0.2, -0.15) is 0 Å². The normalized spacial score (nSPS) is 10.8. The quantitative estimate of drug-likeness (QED) is 0.520. The summed E-state index contributed by atoms with van der Waals surface area (Å²) >= 11 is 8.86. The summed E-state index contributed by atoms with van der Waals surface area (Å²) in [4.78, 5) is 16.7. The smallest absolute Gasteiger partial charge is 0.232 e. The number of carbonyl (C=O) groups is 1. The van der Waals surface area contributed by atoms with Crippen LogP contribution in [0, 0.1) is 0 Å². The van der Waals surface area contributed by atoms with E-state index in [4.69, 9.17) is 11.6 Å². The molecule has 5 nitrogen and oxygen atoms in total. The first-order valence-electron chi connectivity index (χ1n) is 8.46. The maximum atomic E-state index is 12.2. The van der Waals surface area contributed by atoms with E-state index in [-0.39, 0.29) is 12.3 Å². The molecule has 136 valence electrons. The first kappa shape index (κ1) is 18.9. The van der Waals surface area contributed by atoms with Gasteiger partial charge in [-0.1, -0.05) is 54.8 Å². The van der Waals surface area contributed by atoms with Crippen molar-refractivity contribution < 1.29 is 4.79 Å². The van der Waals surface area contributed by atoms with Gasteiger partial charge >= 0.3 is 0 Å². The number of thiazole rings is 1. The fourth-order valence-electron chi connectivity index (χ4n) is 2.37. The van der Waals surface area contributed by atoms with Crippen LogP contribution in [0.2, 0.25) is 5.02 Å². The summed E-state index contributed by atoms with van der Waals surface area (Å²) in [5.74, 6) is -0.130. The van der Waals surface area contributed by atoms with E-state index in [1.54, 1.807) is 0 Å². The molecule has 3 rings (SSSR count). The number of benzene rings is 1. The second-order valence-corrected chi connectivity index (χ2v) is 8.19. The zero-order chi connectivity index (χ0) is 18.4. The van der Waals surface area contributed by atoms with Gasteiger partial charge in [0.05, 0.1) is 12.1 Å². The molecule has 1 amide bonds. The average molecular weight is 407 g/mol. The third-order valence-electron chi connectivity index (χ3n) is 3.69. The number of anilines is 1. The Morgan fingerprint density at radius 1 is 1.19 bits per heavy atom. The zero-order valence-corrected chi connectivity index (χ0v) is 16.8. The standard InChI is InChI=1S/C18H19ClN4OS2/c1-2-3-4-5-16-22-23-18(26-16)21-15(24)10-14-11-25-17(20-14)12-6-8-13(19)9-7-12/h6-9,11H,2-5,10H2,1H3,(H,21,23,24). The molecule has 0 aliphatic carbocycles. The number of unbranched alkanes of at least 4 members (excludes halogenated alkanes) is 2. The van der Waals surface area contributed by atoms with Gasteiger partial charge in [0.25, 0.3) is 0 Å². The van der Waals surface area contributed by atoms with E-state index in [0.29, 0.717) is 10.2 Å². The third-order valence-corrected chi connectivity index (χ3v) is 5.78. The number of aryl methyl sites for hydroxylation is 1. The van der Waals surface area contributed by atoms with Crippen LogP contribution in [0.4, 0.5) is 5.13 Å². The Morgan fingerprint density at radius 3 is 2.77 bits per heavy atom. The van der Waals surface area contributed by atoms with Crippen molar-refractivity contribution in [2.75, 3.05) is 5.32 Å². The Kier molecular flexibility index (Phi) is 6.71. The molecule has 0 fully saturated rings. The van der Waals surface area contributed by atoms with Gasteiger partial charge in [-0.3, -0.25) is 4.79 Å². The zero-order valence-electron chi connectivity index (χ0n) is 14.4. The molecule has 0 saturated carbocycles. The first-order chi connectivity index (χ1) is 12.6. The van der Waals surface area contributed by atoms with Crippen LogP contribution in [0.5, 0.6) is 0 Å². The average Bonchev–Trinajstić information content (AvgIpc) is 3.25. The number of amides is 1. The molecule has 26 heavy (non-hydrogen) atoms. The topological polar surface area (TPSA) is 67.8 Å². The number of nitrogens with zero attached hydrogens (tertiary/aromatic N) is 3. The van der Waals surface area contributed by atoms with E-state index in [9.17, 15) is 4.79 Å². The van der Waals surface area contributed by atoms with Crippen molar-refractivity contribution in [2.24, 2.45) is 0 Å². The summed E-state index contributed by atoms with van der Waals surface area (Å²) in [5, 5.41) is 16.0. The summed E-state index contributed by atoms with van der Waals surface area (Å²) in [7, 11) is 0. The number of hydrogen-bond donors (Lipinski definition) is 1. The molecule has 0 unspecified atom stereocenters. The molecule has 0 aliphatic heterocycles. The van der Waals surface area contributed by atoms with Gasteiger partial charge in [-0.05, 0) is 18.6 Å². The predicted molar refractivity (Wildman–Crippen MR) is 108 cm³/mol. The minimum atomic E-state index is -0.130. The van der Waals surface area contributed by atoms with Crippen molar-refractivity contribution in [2.45, 2.75) is 39.0 Å². The highest BCUT2D eigenvalue weighted by molar-refractivity contribution is 7.15. The van der Waals surface area contributed by atoms with Crippen molar-refractivity contribution in [1.82, 2.24) is 15.2 Å². The Morgan fingerprint density at radius 2 is 2.00 bits per heavy atom. The van der Waals surface area contributed by atoms with Crippen LogP contribution in [0.1, 0.15) is 36.9 Å². The molecule has 3 aromatic rings. The number of carbonyl (C=O) groups excluding carboxylic acids is 1. The lowest BCUT2D eigenvalue weighted by Gasteiger charge is -1.99. The first-order valence-corrected chi connectivity index (χ1v) is 10.5. The third kappa shape index (κ3) is 5.33. The number of rotatable bonds is 8. The van der Waals surface area contributed by atoms with E-state index < -0.39 is 0 Å². The van der Waals surface area contributed by atoms with E-state index in [1.165, 1.54) is 35.5 Å². The summed E-state index contributed by atoms with van der Waals surface area (Å²) in [6.45, 7) is 2.17. The Balaban J connectivity index is 1.54. The molecule has 0 aliphatic rings. The molecule has 1 aromatic carbocycles. The monoisotopic (exact) mass is 406 g/mol. The highest BCUT2D eigenvalue weighted by Crippen LogP contribution is 2.25. The van der Waals surface area contributed by atoms with Crippen LogP contribution in [0.3, 0.4) is 0 Å². The van der Waals surface area contributed by atoms with E-state index in [1.807, 2.05) is 29.6 Å². The van der Waals surface area contributed by atoms with E-state index in [0.717, 1.165) is 34.1 Å². The fourth-order valence-corrected chi connectivity index (χ4v) is 4.12. The predicted octanol–water partition coefficient (Wildman–Crippen LogP) is 5.23. The Labute approximate surface area is 165 Å². The second kappa shape index (κ2) is 9.21. The molecule has 0 spiro atoms. The van der Waals surface area contributed by atoms with Gasteiger partial charge in [0.15, 0.2) is 0 Å². The van der Waals surface area contributed by atoms with E-state index >= 15 is 0 Å². The maximum Gasteiger partial charge on any atom is 0.232 e. The lowest BCUT2D eigenvalue weighted by molar-refractivity contribution is -0.115. The molecule has 2 heterocycles. The van der Waals surface area contributed by atoms with E-state index in [2.05, 4.69) is 27.4 Å². The SMILES string of the molecule is CCCCCc1nnc(NC(=O)Cc2csc(-c3ccc(Cl)cc3)n2)s1. The van der Waals surface area contributed by atoms with Crippen molar-refractivity contribution in [3.05, 3.63) is 45.4 Å². The molecule has 0 saturated heterocycles. The Bertz CT molecular complexity index is 860. The van der Waals surface area contributed by atoms with Gasteiger partial charge in [0.2, 0.25) is 11.0 Å². The van der Waals surface area contributed by atoms with Gasteiger partial charge in [0, 0.05) is 22.4 Å². The van der Waals surface area contributed by atoms with Crippen LogP contribution in [-0.2, 0) is 17.6 Å². The minimum Gasteiger partial charge on any atom is -0.300 e. The second-order valence-electron chi connectivity index (χ2n) is 5.83. The molecule has 8 heteroatoms. The number of hydrogen-bond acceptors (Lipinski definition) is 6. The van der Waals surface area contributed by atoms with Crippen LogP contribution in [-0.4, -0.2) is 21.1 Å². The molecule has 1 N–H and O–H groups in total. The number of aromatic nitrogens is 3. The molecule has 0 radical (unpaired) electrons. The molecular formula is C18H19ClN4OS2. The summed E-state index contributed by atoms with van der Waals surface area (Å²) in [5.41, 5.74) is 1.73. The highest BCUT2D eigenvalue weighted by Gasteiger charge is 2.12. The minimum absolute atomic E-state index is 0.130. The van der Waals surface area contributed by atoms with Crippen molar-refractivity contribution in [3.63, 3.8) is 0 Å². The Hall–Kier alpha value is -1.83. The maximum absolute atomic E-state index is 12.2. The largest absolute Gasteiger partial charge is 0.300 e. The van der Waals surface area contributed by atoms with Crippen molar-refractivity contribution in [3.8, 4) is 10.6 Å². The van der Waals surface area contributed by atoms with Gasteiger partial charge in [0.1, 0.15) is 10.0 Å². The summed E-state index contributed by atoms with van der Waals surface area (Å²) < 4.78 is 0. The molecule has 2 aromatic heterocycles. The lowest BCUT2D eigenvalue weighted by Crippen LogP contribution is -2.14. The molecule has 0 atom stereocenters. The van der Waals surface area contributed by atoms with Crippen LogP contribution in [0.15, 0.2) is 29.6 Å². The van der Waals surface area contributed by atoms with Gasteiger partial charge in [-0.25, -0.2) is 4.98 Å². The molecular weight excluding hydrogens is 388 g/mol. The summed E-state index contributed by atoms with van der Waals surface area (Å²) in [6, 6.07) is 7.51. The van der Waals surface area contributed by atoms with Crippen LogP contribution >= 0.6 is 34.3 Å². The van der Waals surface area contributed by atoms with Crippen molar-refractivity contribution >= 4 is 45.3 Å². The number of nitrogens with one attached hydrogen (secondary N) is 1. The van der Waals surface area contributed by atoms with Crippen LogP contribution < -0.4 is 5.32 Å². The lowest BCUT2D eigenvalue weighted by atomic mass is 10.2.